The molecule has 4 rings (SSSR count). The van der Waals surface area contributed by atoms with Crippen molar-refractivity contribution in [3.05, 3.63) is 52.4 Å². The summed E-state index contributed by atoms with van der Waals surface area (Å²) in [7, 11) is -3.72. The first-order chi connectivity index (χ1) is 16.3. The Hall–Kier alpha value is -2.89. The number of nitrogens with zero attached hydrogens (tertiary/aromatic N) is 4. The smallest absolute Gasteiger partial charge is 0.251 e. The molecule has 2 aliphatic heterocycles. The average molecular weight is 491 g/mol. The molecule has 1 aromatic heterocycles. The van der Waals surface area contributed by atoms with Crippen molar-refractivity contribution in [3.63, 3.8) is 0 Å². The van der Waals surface area contributed by atoms with Crippen LogP contribution >= 0.6 is 0 Å². The van der Waals surface area contributed by atoms with Crippen molar-refractivity contribution in [2.24, 2.45) is 0 Å². The van der Waals surface area contributed by atoms with Gasteiger partial charge < -0.3 is 18.9 Å². The Morgan fingerprint density at radius 3 is 2.41 bits per heavy atom. The predicted octanol–water partition coefficient (Wildman–Crippen LogP) is 0.952. The highest BCUT2D eigenvalue weighted by Crippen LogP contribution is 2.32. The molecule has 0 radical (unpaired) electrons. The molecule has 2 aliphatic rings. The summed E-state index contributed by atoms with van der Waals surface area (Å²) < 4.78 is 38.9. The molecule has 0 atom stereocenters. The Balaban J connectivity index is 1.36. The summed E-state index contributed by atoms with van der Waals surface area (Å²) in [6.45, 7) is 7.43. The van der Waals surface area contributed by atoms with Crippen molar-refractivity contribution in [1.82, 2.24) is 18.7 Å². The summed E-state index contributed by atoms with van der Waals surface area (Å²) in [5, 5.41) is 0. The number of piperazine rings is 1. The Kier molecular flexibility index (Phi) is 7.24. The maximum absolute atomic E-state index is 12.9. The molecular formula is C23H30N4O6S. The van der Waals surface area contributed by atoms with E-state index in [1.165, 1.54) is 27.2 Å². The van der Waals surface area contributed by atoms with Gasteiger partial charge in [0.2, 0.25) is 22.7 Å². The van der Waals surface area contributed by atoms with E-state index in [0.717, 1.165) is 23.6 Å². The molecule has 1 fully saturated rings. The monoisotopic (exact) mass is 490 g/mol. The first kappa shape index (κ1) is 24.2. The molecule has 10 nitrogen and oxygen atoms in total. The molecule has 0 unspecified atom stereocenters. The van der Waals surface area contributed by atoms with Crippen molar-refractivity contribution in [3.8, 4) is 11.5 Å². The van der Waals surface area contributed by atoms with Gasteiger partial charge in [0.05, 0.1) is 4.90 Å². The summed E-state index contributed by atoms with van der Waals surface area (Å²) >= 11 is 0. The van der Waals surface area contributed by atoms with Crippen LogP contribution in [0.3, 0.4) is 0 Å². The highest BCUT2D eigenvalue weighted by atomic mass is 32.2. The van der Waals surface area contributed by atoms with Crippen LogP contribution in [0.1, 0.15) is 19.4 Å². The van der Waals surface area contributed by atoms with Crippen LogP contribution < -0.4 is 15.0 Å². The first-order valence-corrected chi connectivity index (χ1v) is 12.8. The fourth-order valence-electron chi connectivity index (χ4n) is 4.20. The van der Waals surface area contributed by atoms with Gasteiger partial charge in [-0.25, -0.2) is 8.42 Å². The van der Waals surface area contributed by atoms with Gasteiger partial charge in [-0.3, -0.25) is 14.5 Å². The van der Waals surface area contributed by atoms with E-state index in [1.54, 1.807) is 18.7 Å². The number of pyridine rings is 1. The van der Waals surface area contributed by atoms with Crippen LogP contribution in [-0.4, -0.2) is 79.1 Å². The van der Waals surface area contributed by atoms with Crippen LogP contribution in [-0.2, 0) is 27.9 Å². The quantitative estimate of drug-likeness (QED) is 0.543. The zero-order chi connectivity index (χ0) is 24.3. The molecule has 1 saturated heterocycles. The second-order valence-corrected chi connectivity index (χ2v) is 10.2. The Labute approximate surface area is 199 Å². The molecule has 184 valence electrons. The number of aromatic nitrogens is 1. The van der Waals surface area contributed by atoms with E-state index in [0.29, 0.717) is 39.3 Å². The van der Waals surface area contributed by atoms with Gasteiger partial charge in [0.1, 0.15) is 6.54 Å². The molecule has 11 heteroatoms. The number of hydrogen-bond donors (Lipinski definition) is 0. The van der Waals surface area contributed by atoms with Crippen LogP contribution in [0.25, 0.3) is 0 Å². The summed E-state index contributed by atoms with van der Waals surface area (Å²) in [5.74, 6) is 1.30. The van der Waals surface area contributed by atoms with Crippen LogP contribution in [0.5, 0.6) is 11.5 Å². The summed E-state index contributed by atoms with van der Waals surface area (Å²) in [4.78, 5) is 29.2. The molecule has 34 heavy (non-hydrogen) atoms. The highest BCUT2D eigenvalue weighted by molar-refractivity contribution is 7.89. The number of ether oxygens (including phenoxy) is 2. The second kappa shape index (κ2) is 10.2. The lowest BCUT2D eigenvalue weighted by Crippen LogP contribution is -2.49. The van der Waals surface area contributed by atoms with Gasteiger partial charge in [-0.2, -0.15) is 4.31 Å². The van der Waals surface area contributed by atoms with Gasteiger partial charge in [-0.15, -0.1) is 0 Å². The number of benzene rings is 1. The fraction of sp³-hybridized carbons (Fsp3) is 0.478. The number of hydrogen-bond acceptors (Lipinski definition) is 7. The van der Waals surface area contributed by atoms with Gasteiger partial charge in [-0.05, 0) is 23.8 Å². The van der Waals surface area contributed by atoms with E-state index in [1.807, 2.05) is 18.2 Å². The minimum atomic E-state index is -3.72. The van der Waals surface area contributed by atoms with Gasteiger partial charge in [0, 0.05) is 58.1 Å². The summed E-state index contributed by atoms with van der Waals surface area (Å²) in [5.41, 5.74) is 0.704. The van der Waals surface area contributed by atoms with E-state index in [9.17, 15) is 18.0 Å². The number of carbonyl (C=O) groups is 1. The van der Waals surface area contributed by atoms with Gasteiger partial charge in [0.25, 0.3) is 5.56 Å². The standard InChI is InChI=1S/C23H30N4O6S/c1-3-27(4-2)34(30,31)19-6-8-22(28)26(15-19)16-23(29)25-11-9-24(10-12-25)14-18-5-7-20-21(13-18)33-17-32-20/h5-8,13,15H,3-4,9-12,14,16-17H2,1-2H3. The van der Waals surface area contributed by atoms with Gasteiger partial charge >= 0.3 is 0 Å². The molecule has 1 amide bonds. The molecule has 0 spiro atoms. The maximum Gasteiger partial charge on any atom is 0.251 e. The molecule has 0 bridgehead atoms. The van der Waals surface area contributed by atoms with Crippen molar-refractivity contribution < 1.29 is 22.7 Å². The maximum atomic E-state index is 12.9. The third-order valence-electron chi connectivity index (χ3n) is 6.17. The van der Waals surface area contributed by atoms with Crippen molar-refractivity contribution >= 4 is 15.9 Å². The molecule has 2 aromatic rings. The summed E-state index contributed by atoms with van der Waals surface area (Å²) in [6.07, 6.45) is 1.27. The highest BCUT2D eigenvalue weighted by Gasteiger charge is 2.25. The van der Waals surface area contributed by atoms with Crippen molar-refractivity contribution in [1.29, 1.82) is 0 Å². The molecule has 0 N–H and O–H groups in total. The first-order valence-electron chi connectivity index (χ1n) is 11.4. The van der Waals surface area contributed by atoms with Crippen LogP contribution in [0.4, 0.5) is 0 Å². The lowest BCUT2D eigenvalue weighted by molar-refractivity contribution is -0.133. The normalized spacial score (nSPS) is 16.3. The Morgan fingerprint density at radius 2 is 1.71 bits per heavy atom. The van der Waals surface area contributed by atoms with E-state index in [4.69, 9.17) is 9.47 Å². The lowest BCUT2D eigenvalue weighted by atomic mass is 10.1. The fourth-order valence-corrected chi connectivity index (χ4v) is 5.68. The Morgan fingerprint density at radius 1 is 1.00 bits per heavy atom. The van der Waals surface area contributed by atoms with Crippen molar-refractivity contribution in [2.45, 2.75) is 31.8 Å². The summed E-state index contributed by atoms with van der Waals surface area (Å²) in [6, 6.07) is 8.39. The van der Waals surface area contributed by atoms with Crippen LogP contribution in [0.2, 0.25) is 0 Å². The van der Waals surface area contributed by atoms with E-state index < -0.39 is 15.6 Å². The molecule has 3 heterocycles. The number of sulfonamides is 1. The molecule has 1 aromatic carbocycles. The number of carbonyl (C=O) groups excluding carboxylic acids is 1. The number of rotatable bonds is 8. The minimum Gasteiger partial charge on any atom is -0.454 e. The third kappa shape index (κ3) is 5.11. The predicted molar refractivity (Wildman–Crippen MR) is 125 cm³/mol. The van der Waals surface area contributed by atoms with Gasteiger partial charge in [0.15, 0.2) is 11.5 Å². The third-order valence-corrected chi connectivity index (χ3v) is 8.21. The van der Waals surface area contributed by atoms with Crippen LogP contribution in [0.15, 0.2) is 46.2 Å². The Bertz CT molecular complexity index is 1200. The largest absolute Gasteiger partial charge is 0.454 e. The second-order valence-electron chi connectivity index (χ2n) is 8.26. The SMILES string of the molecule is CCN(CC)S(=O)(=O)c1ccc(=O)n(CC(=O)N2CCN(Cc3ccc4c(c3)OCO4)CC2)c1. The van der Waals surface area contributed by atoms with E-state index >= 15 is 0 Å². The van der Waals surface area contributed by atoms with E-state index in [2.05, 4.69) is 4.90 Å². The average Bonchev–Trinajstić information content (AvgIpc) is 3.29. The van der Waals surface area contributed by atoms with Gasteiger partial charge in [-0.1, -0.05) is 19.9 Å². The number of fused-ring (bicyclic) bond motifs is 1. The molecule has 0 saturated carbocycles. The zero-order valence-corrected chi connectivity index (χ0v) is 20.3. The van der Waals surface area contributed by atoms with Crippen molar-refractivity contribution in [2.75, 3.05) is 46.1 Å². The lowest BCUT2D eigenvalue weighted by Gasteiger charge is -2.35. The molecule has 0 aliphatic carbocycles. The minimum absolute atomic E-state index is 0.0112. The molecular weight excluding hydrogens is 460 g/mol. The zero-order valence-electron chi connectivity index (χ0n) is 19.5. The van der Waals surface area contributed by atoms with E-state index in [-0.39, 0.29) is 24.1 Å². The topological polar surface area (TPSA) is 101 Å². The number of amides is 1. The van der Waals surface area contributed by atoms with Crippen LogP contribution in [0, 0.1) is 0 Å².